The number of methoxy groups -OCH3 is 1. The summed E-state index contributed by atoms with van der Waals surface area (Å²) in [7, 11) is 1.25. The molecule has 0 spiro atoms. The summed E-state index contributed by atoms with van der Waals surface area (Å²) in [5.74, 6) is -0.0578. The summed E-state index contributed by atoms with van der Waals surface area (Å²) in [5.41, 5.74) is -1.46. The van der Waals surface area contributed by atoms with E-state index in [1.807, 2.05) is 0 Å². The van der Waals surface area contributed by atoms with Gasteiger partial charge in [0.25, 0.3) is 5.69 Å². The minimum atomic E-state index is -4.68. The molecule has 7 nitrogen and oxygen atoms in total. The predicted octanol–water partition coefficient (Wildman–Crippen LogP) is 4.85. The van der Waals surface area contributed by atoms with Crippen LogP contribution in [-0.2, 0) is 15.7 Å². The van der Waals surface area contributed by atoms with E-state index in [0.29, 0.717) is 17.5 Å². The van der Waals surface area contributed by atoms with Gasteiger partial charge in [-0.05, 0) is 49.4 Å². The Morgan fingerprint density at radius 2 is 1.86 bits per heavy atom. The Labute approximate surface area is 163 Å². The van der Waals surface area contributed by atoms with Crippen LogP contribution in [0.15, 0.2) is 54.6 Å². The van der Waals surface area contributed by atoms with Crippen LogP contribution in [0.25, 0.3) is 0 Å². The second-order valence-electron chi connectivity index (χ2n) is 5.84. The Bertz CT molecular complexity index is 911. The lowest BCUT2D eigenvalue weighted by Gasteiger charge is -2.13. The van der Waals surface area contributed by atoms with Crippen molar-refractivity contribution in [3.63, 3.8) is 0 Å². The van der Waals surface area contributed by atoms with Crippen LogP contribution >= 0.6 is 0 Å². The number of benzene rings is 2. The van der Waals surface area contributed by atoms with Gasteiger partial charge in [0.15, 0.2) is 0 Å². The average molecular weight is 410 g/mol. The molecule has 2 aromatic carbocycles. The largest absolute Gasteiger partial charge is 0.487 e. The molecule has 29 heavy (non-hydrogen) atoms. The van der Waals surface area contributed by atoms with Crippen LogP contribution in [0.1, 0.15) is 12.5 Å². The van der Waals surface area contributed by atoms with Gasteiger partial charge in [0.2, 0.25) is 0 Å². The number of ether oxygens (including phenoxy) is 2. The highest BCUT2D eigenvalue weighted by molar-refractivity contribution is 5.81. The molecule has 0 heterocycles. The first-order valence-electron chi connectivity index (χ1n) is 8.25. The van der Waals surface area contributed by atoms with E-state index in [0.717, 1.165) is 12.1 Å². The van der Waals surface area contributed by atoms with E-state index in [1.54, 1.807) is 31.2 Å². The van der Waals surface area contributed by atoms with Crippen molar-refractivity contribution >= 4 is 23.0 Å². The third-order valence-corrected chi connectivity index (χ3v) is 3.68. The smallest absolute Gasteiger partial charge is 0.416 e. The van der Waals surface area contributed by atoms with E-state index in [1.165, 1.54) is 19.3 Å². The molecule has 0 aliphatic heterocycles. The van der Waals surface area contributed by atoms with E-state index in [4.69, 9.17) is 4.74 Å². The number of hydrogen-bond donors (Lipinski definition) is 1. The molecular formula is C19H17F3N2O5. The van der Waals surface area contributed by atoms with Crippen molar-refractivity contribution in [2.45, 2.75) is 19.2 Å². The van der Waals surface area contributed by atoms with Crippen molar-refractivity contribution in [3.05, 3.63) is 70.3 Å². The Hall–Kier alpha value is -3.56. The maximum atomic E-state index is 12.8. The number of carbonyl (C=O) groups excluding carboxylic acids is 1. The molecule has 0 bridgehead atoms. The number of nitrogens with one attached hydrogen (secondary N) is 1. The van der Waals surface area contributed by atoms with Gasteiger partial charge in [-0.3, -0.25) is 10.1 Å². The lowest BCUT2D eigenvalue weighted by Crippen LogP contribution is -2.09. The Morgan fingerprint density at radius 3 is 2.41 bits per heavy atom. The lowest BCUT2D eigenvalue weighted by atomic mass is 10.1. The van der Waals surface area contributed by atoms with Crippen molar-refractivity contribution in [2.24, 2.45) is 0 Å². The fourth-order valence-electron chi connectivity index (χ4n) is 2.27. The first-order valence-corrected chi connectivity index (χ1v) is 8.25. The standard InChI is InChI=1S/C19H17F3N2O5/c1-12(3-10-18(25)28-2)29-15-7-5-14(6-8-15)23-16-9-4-13(19(20,21)22)11-17(16)24(26)27/h3-12,23H,1-2H3. The van der Waals surface area contributed by atoms with Gasteiger partial charge in [0.05, 0.1) is 17.6 Å². The summed E-state index contributed by atoms with van der Waals surface area (Å²) in [4.78, 5) is 21.3. The molecule has 154 valence electrons. The molecule has 0 saturated carbocycles. The summed E-state index contributed by atoms with van der Waals surface area (Å²) >= 11 is 0. The van der Waals surface area contributed by atoms with Gasteiger partial charge in [-0.15, -0.1) is 0 Å². The Morgan fingerprint density at radius 1 is 1.21 bits per heavy atom. The molecule has 0 saturated heterocycles. The van der Waals surface area contributed by atoms with Crippen LogP contribution in [0.3, 0.4) is 0 Å². The summed E-state index contributed by atoms with van der Waals surface area (Å²) < 4.78 is 48.4. The monoisotopic (exact) mass is 410 g/mol. The van der Waals surface area contributed by atoms with Crippen molar-refractivity contribution in [1.82, 2.24) is 0 Å². The molecule has 0 radical (unpaired) electrons. The molecule has 0 aromatic heterocycles. The summed E-state index contributed by atoms with van der Waals surface area (Å²) in [6, 6.07) is 8.49. The van der Waals surface area contributed by atoms with Gasteiger partial charge < -0.3 is 14.8 Å². The SMILES string of the molecule is COC(=O)C=CC(C)Oc1ccc(Nc2ccc(C(F)(F)F)cc2[N+](=O)[O-])cc1. The number of anilines is 2. The van der Waals surface area contributed by atoms with Crippen LogP contribution in [0.5, 0.6) is 5.75 Å². The minimum absolute atomic E-state index is 0.0777. The van der Waals surface area contributed by atoms with E-state index in [9.17, 15) is 28.1 Å². The molecule has 0 aliphatic carbocycles. The highest BCUT2D eigenvalue weighted by Crippen LogP contribution is 2.36. The topological polar surface area (TPSA) is 90.7 Å². The van der Waals surface area contributed by atoms with Crippen molar-refractivity contribution in [1.29, 1.82) is 0 Å². The average Bonchev–Trinajstić information content (AvgIpc) is 2.66. The van der Waals surface area contributed by atoms with Gasteiger partial charge in [0, 0.05) is 17.8 Å². The number of nitrogens with zero attached hydrogens (tertiary/aromatic N) is 1. The number of halogens is 3. The zero-order valence-electron chi connectivity index (χ0n) is 15.4. The number of carbonyl (C=O) groups is 1. The van der Waals surface area contributed by atoms with Crippen molar-refractivity contribution in [3.8, 4) is 5.75 Å². The van der Waals surface area contributed by atoms with Gasteiger partial charge in [-0.1, -0.05) is 0 Å². The summed E-state index contributed by atoms with van der Waals surface area (Å²) in [6.45, 7) is 1.71. The second kappa shape index (κ2) is 9.09. The Kier molecular flexibility index (Phi) is 6.81. The molecule has 0 aliphatic rings. The minimum Gasteiger partial charge on any atom is -0.487 e. The predicted molar refractivity (Wildman–Crippen MR) is 99.1 cm³/mol. The van der Waals surface area contributed by atoms with Crippen LogP contribution in [0.2, 0.25) is 0 Å². The number of nitro groups is 1. The summed E-state index contributed by atoms with van der Waals surface area (Å²) in [5, 5.41) is 13.9. The van der Waals surface area contributed by atoms with Crippen LogP contribution in [0.4, 0.5) is 30.2 Å². The molecule has 0 amide bonds. The molecule has 1 atom stereocenters. The lowest BCUT2D eigenvalue weighted by molar-refractivity contribution is -0.384. The number of esters is 1. The third-order valence-electron chi connectivity index (χ3n) is 3.68. The zero-order chi connectivity index (χ0) is 21.6. The van der Waals surface area contributed by atoms with Crippen LogP contribution < -0.4 is 10.1 Å². The number of rotatable bonds is 7. The van der Waals surface area contributed by atoms with E-state index in [2.05, 4.69) is 10.1 Å². The molecule has 1 N–H and O–H groups in total. The zero-order valence-corrected chi connectivity index (χ0v) is 15.4. The molecule has 1 unspecified atom stereocenters. The van der Waals surface area contributed by atoms with Crippen LogP contribution in [0, 0.1) is 10.1 Å². The maximum absolute atomic E-state index is 12.8. The molecular weight excluding hydrogens is 393 g/mol. The second-order valence-corrected chi connectivity index (χ2v) is 5.84. The Balaban J connectivity index is 2.12. The molecule has 10 heteroatoms. The van der Waals surface area contributed by atoms with Gasteiger partial charge in [0.1, 0.15) is 17.5 Å². The first kappa shape index (κ1) is 21.7. The molecule has 0 fully saturated rings. The van der Waals surface area contributed by atoms with Gasteiger partial charge in [-0.2, -0.15) is 13.2 Å². The quantitative estimate of drug-likeness (QED) is 0.304. The highest BCUT2D eigenvalue weighted by atomic mass is 19.4. The number of nitro benzene ring substituents is 1. The first-order chi connectivity index (χ1) is 13.6. The van der Waals surface area contributed by atoms with Gasteiger partial charge in [-0.25, -0.2) is 4.79 Å². The molecule has 2 rings (SSSR count). The van der Waals surface area contributed by atoms with Crippen LogP contribution in [-0.4, -0.2) is 24.1 Å². The normalized spacial score (nSPS) is 12.4. The summed E-state index contributed by atoms with van der Waals surface area (Å²) in [6.07, 6.45) is -2.38. The molecule has 2 aromatic rings. The number of alkyl halides is 3. The van der Waals surface area contributed by atoms with E-state index < -0.39 is 34.4 Å². The van der Waals surface area contributed by atoms with Gasteiger partial charge >= 0.3 is 12.1 Å². The highest BCUT2D eigenvalue weighted by Gasteiger charge is 2.33. The third kappa shape index (κ3) is 6.23. The number of hydrogen-bond acceptors (Lipinski definition) is 6. The maximum Gasteiger partial charge on any atom is 0.416 e. The van der Waals surface area contributed by atoms with Crippen molar-refractivity contribution < 1.29 is 32.4 Å². The van der Waals surface area contributed by atoms with Crippen molar-refractivity contribution in [2.75, 3.05) is 12.4 Å². The fourth-order valence-corrected chi connectivity index (χ4v) is 2.27. The van der Waals surface area contributed by atoms with E-state index in [-0.39, 0.29) is 5.69 Å². The fraction of sp³-hybridized carbons (Fsp3) is 0.211. The van der Waals surface area contributed by atoms with E-state index >= 15 is 0 Å².